The van der Waals surface area contributed by atoms with E-state index in [4.69, 9.17) is 4.52 Å². The van der Waals surface area contributed by atoms with Crippen molar-refractivity contribution in [3.05, 3.63) is 47.3 Å². The van der Waals surface area contributed by atoms with Crippen LogP contribution in [0.5, 0.6) is 5.75 Å². The summed E-state index contributed by atoms with van der Waals surface area (Å²) in [7, 11) is 0. The standard InChI is InChI=1S/C12H12N2O3/c1-8-6-9(14-17-8)7-13-12(16)10-4-2-3-5-11(10)15/h2-6,15H,7H2,1H3,(H,13,16). The molecular weight excluding hydrogens is 220 g/mol. The molecule has 2 N–H and O–H groups in total. The summed E-state index contributed by atoms with van der Waals surface area (Å²) in [6, 6.07) is 8.11. The number of hydrogen-bond acceptors (Lipinski definition) is 4. The Morgan fingerprint density at radius 2 is 2.24 bits per heavy atom. The van der Waals surface area contributed by atoms with Crippen LogP contribution in [-0.2, 0) is 6.54 Å². The number of rotatable bonds is 3. The number of aromatic hydroxyl groups is 1. The van der Waals surface area contributed by atoms with Crippen LogP contribution in [0.25, 0.3) is 0 Å². The molecule has 0 aliphatic heterocycles. The van der Waals surface area contributed by atoms with E-state index in [-0.39, 0.29) is 23.8 Å². The minimum atomic E-state index is -0.344. The van der Waals surface area contributed by atoms with Crippen LogP contribution in [0.4, 0.5) is 0 Å². The van der Waals surface area contributed by atoms with Gasteiger partial charge in [-0.25, -0.2) is 0 Å². The highest BCUT2D eigenvalue weighted by molar-refractivity contribution is 5.96. The van der Waals surface area contributed by atoms with Crippen molar-refractivity contribution in [1.82, 2.24) is 10.5 Å². The number of nitrogens with one attached hydrogen (secondary N) is 1. The molecule has 2 rings (SSSR count). The smallest absolute Gasteiger partial charge is 0.255 e. The number of aromatic nitrogens is 1. The second-order valence-corrected chi connectivity index (χ2v) is 3.63. The SMILES string of the molecule is Cc1cc(CNC(=O)c2ccccc2O)no1. The lowest BCUT2D eigenvalue weighted by atomic mass is 10.2. The van der Waals surface area contributed by atoms with Gasteiger partial charge in [0, 0.05) is 6.07 Å². The summed E-state index contributed by atoms with van der Waals surface area (Å²) in [4.78, 5) is 11.7. The summed E-state index contributed by atoms with van der Waals surface area (Å²) in [6.07, 6.45) is 0. The third-order valence-electron chi connectivity index (χ3n) is 2.26. The van der Waals surface area contributed by atoms with Gasteiger partial charge in [0.1, 0.15) is 17.2 Å². The van der Waals surface area contributed by atoms with Gasteiger partial charge < -0.3 is 14.9 Å². The van der Waals surface area contributed by atoms with E-state index in [1.807, 2.05) is 0 Å². The first-order chi connectivity index (χ1) is 8.16. The Morgan fingerprint density at radius 3 is 2.88 bits per heavy atom. The number of phenolic OH excluding ortho intramolecular Hbond substituents is 1. The summed E-state index contributed by atoms with van der Waals surface area (Å²) in [6.45, 7) is 2.05. The van der Waals surface area contributed by atoms with Crippen LogP contribution < -0.4 is 5.32 Å². The fourth-order valence-electron chi connectivity index (χ4n) is 1.43. The Morgan fingerprint density at radius 1 is 1.47 bits per heavy atom. The zero-order valence-corrected chi connectivity index (χ0v) is 9.30. The van der Waals surface area contributed by atoms with Gasteiger partial charge in [-0.05, 0) is 19.1 Å². The Balaban J connectivity index is 2.01. The number of hydrogen-bond donors (Lipinski definition) is 2. The summed E-state index contributed by atoms with van der Waals surface area (Å²) in [5, 5.41) is 15.9. The third-order valence-corrected chi connectivity index (χ3v) is 2.26. The summed E-state index contributed by atoms with van der Waals surface area (Å²) >= 11 is 0. The van der Waals surface area contributed by atoms with Crippen molar-refractivity contribution in [2.45, 2.75) is 13.5 Å². The highest BCUT2D eigenvalue weighted by Crippen LogP contribution is 2.15. The van der Waals surface area contributed by atoms with E-state index in [0.717, 1.165) is 0 Å². The zero-order chi connectivity index (χ0) is 12.3. The van der Waals surface area contributed by atoms with Gasteiger partial charge in [0.05, 0.1) is 12.1 Å². The molecule has 0 saturated carbocycles. The maximum absolute atomic E-state index is 11.7. The molecule has 0 unspecified atom stereocenters. The van der Waals surface area contributed by atoms with Gasteiger partial charge in [-0.1, -0.05) is 17.3 Å². The Hall–Kier alpha value is -2.30. The molecule has 1 aromatic carbocycles. The number of phenols is 1. The first-order valence-electron chi connectivity index (χ1n) is 5.15. The van der Waals surface area contributed by atoms with Crippen molar-refractivity contribution >= 4 is 5.91 Å². The van der Waals surface area contributed by atoms with Crippen LogP contribution in [0, 0.1) is 6.92 Å². The Labute approximate surface area is 98.1 Å². The molecule has 0 radical (unpaired) electrons. The van der Waals surface area contributed by atoms with E-state index in [0.29, 0.717) is 11.5 Å². The van der Waals surface area contributed by atoms with E-state index < -0.39 is 0 Å². The lowest BCUT2D eigenvalue weighted by molar-refractivity contribution is 0.0947. The summed E-state index contributed by atoms with van der Waals surface area (Å²) in [5.74, 6) is 0.307. The molecule has 5 heteroatoms. The molecule has 0 fully saturated rings. The maximum atomic E-state index is 11.7. The van der Waals surface area contributed by atoms with Crippen LogP contribution in [0.2, 0.25) is 0 Å². The van der Waals surface area contributed by atoms with E-state index >= 15 is 0 Å². The Kier molecular flexibility index (Phi) is 3.09. The minimum Gasteiger partial charge on any atom is -0.507 e. The minimum absolute atomic E-state index is 0.0404. The van der Waals surface area contributed by atoms with Crippen molar-refractivity contribution in [1.29, 1.82) is 0 Å². The van der Waals surface area contributed by atoms with Gasteiger partial charge in [0.15, 0.2) is 0 Å². The number of amides is 1. The second-order valence-electron chi connectivity index (χ2n) is 3.63. The average molecular weight is 232 g/mol. The quantitative estimate of drug-likeness (QED) is 0.843. The first kappa shape index (κ1) is 11.2. The van der Waals surface area contributed by atoms with Gasteiger partial charge in [-0.15, -0.1) is 0 Å². The molecule has 88 valence electrons. The summed E-state index contributed by atoms with van der Waals surface area (Å²) < 4.78 is 4.88. The van der Waals surface area contributed by atoms with Crippen LogP contribution >= 0.6 is 0 Å². The zero-order valence-electron chi connectivity index (χ0n) is 9.30. The summed E-state index contributed by atoms with van der Waals surface area (Å²) in [5.41, 5.74) is 0.888. The van der Waals surface area contributed by atoms with Crippen LogP contribution in [-0.4, -0.2) is 16.2 Å². The highest BCUT2D eigenvalue weighted by Gasteiger charge is 2.10. The molecule has 1 amide bonds. The van der Waals surface area contributed by atoms with Crippen molar-refractivity contribution < 1.29 is 14.4 Å². The number of carbonyl (C=O) groups is 1. The van der Waals surface area contributed by atoms with E-state index in [1.165, 1.54) is 6.07 Å². The fraction of sp³-hybridized carbons (Fsp3) is 0.167. The molecule has 0 aliphatic carbocycles. The third kappa shape index (κ3) is 2.63. The van der Waals surface area contributed by atoms with Gasteiger partial charge in [0.2, 0.25) is 0 Å². The Bertz CT molecular complexity index is 534. The average Bonchev–Trinajstić information content (AvgIpc) is 2.73. The number of nitrogens with zero attached hydrogens (tertiary/aromatic N) is 1. The molecule has 1 aromatic heterocycles. The molecule has 0 aliphatic rings. The predicted molar refractivity (Wildman–Crippen MR) is 60.5 cm³/mol. The number of benzene rings is 1. The number of carbonyl (C=O) groups excluding carboxylic acids is 1. The normalized spacial score (nSPS) is 10.2. The lowest BCUT2D eigenvalue weighted by Gasteiger charge is -2.04. The van der Waals surface area contributed by atoms with Crippen molar-refractivity contribution in [3.63, 3.8) is 0 Å². The van der Waals surface area contributed by atoms with E-state index in [2.05, 4.69) is 10.5 Å². The molecule has 0 atom stereocenters. The molecule has 0 saturated heterocycles. The highest BCUT2D eigenvalue weighted by atomic mass is 16.5. The van der Waals surface area contributed by atoms with Crippen LogP contribution in [0.3, 0.4) is 0 Å². The van der Waals surface area contributed by atoms with E-state index in [9.17, 15) is 9.90 Å². The fourth-order valence-corrected chi connectivity index (χ4v) is 1.43. The number of para-hydroxylation sites is 1. The van der Waals surface area contributed by atoms with Crippen molar-refractivity contribution in [2.24, 2.45) is 0 Å². The number of aryl methyl sites for hydroxylation is 1. The largest absolute Gasteiger partial charge is 0.507 e. The molecule has 2 aromatic rings. The topological polar surface area (TPSA) is 75.4 Å². The first-order valence-corrected chi connectivity index (χ1v) is 5.15. The van der Waals surface area contributed by atoms with Crippen molar-refractivity contribution in [2.75, 3.05) is 0 Å². The molecule has 5 nitrogen and oxygen atoms in total. The van der Waals surface area contributed by atoms with Crippen molar-refractivity contribution in [3.8, 4) is 5.75 Å². The van der Waals surface area contributed by atoms with Gasteiger partial charge in [-0.3, -0.25) is 4.79 Å². The molecular formula is C12H12N2O3. The van der Waals surface area contributed by atoms with Gasteiger partial charge >= 0.3 is 0 Å². The molecule has 0 bridgehead atoms. The van der Waals surface area contributed by atoms with E-state index in [1.54, 1.807) is 31.2 Å². The monoisotopic (exact) mass is 232 g/mol. The predicted octanol–water partition coefficient (Wildman–Crippen LogP) is 1.62. The van der Waals surface area contributed by atoms with Crippen LogP contribution in [0.1, 0.15) is 21.8 Å². The lowest BCUT2D eigenvalue weighted by Crippen LogP contribution is -2.22. The van der Waals surface area contributed by atoms with Gasteiger partial charge in [0.25, 0.3) is 5.91 Å². The van der Waals surface area contributed by atoms with Crippen LogP contribution in [0.15, 0.2) is 34.9 Å². The second kappa shape index (κ2) is 4.69. The van der Waals surface area contributed by atoms with Gasteiger partial charge in [-0.2, -0.15) is 0 Å². The molecule has 17 heavy (non-hydrogen) atoms. The maximum Gasteiger partial charge on any atom is 0.255 e. The molecule has 1 heterocycles. The molecule has 0 spiro atoms.